The first kappa shape index (κ1) is 23.0. The second-order valence-corrected chi connectivity index (χ2v) is 11.1. The monoisotopic (exact) mass is 453 g/mol. The van der Waals surface area contributed by atoms with Crippen molar-refractivity contribution in [2.45, 2.75) is 53.4 Å². The molecule has 0 unspecified atom stereocenters. The number of carbonyl (C=O) groups is 1. The molecule has 32 heavy (non-hydrogen) atoms. The number of fused-ring (bicyclic) bond motifs is 2. The van der Waals surface area contributed by atoms with Crippen LogP contribution in [0.1, 0.15) is 56.9 Å². The molecule has 3 heterocycles. The van der Waals surface area contributed by atoms with E-state index in [2.05, 4.69) is 63.2 Å². The normalized spacial score (nSPS) is 17.7. The smallest absolute Gasteiger partial charge is 0.319 e. The second kappa shape index (κ2) is 8.99. The Kier molecular flexibility index (Phi) is 6.46. The van der Waals surface area contributed by atoms with E-state index in [-0.39, 0.29) is 5.41 Å². The van der Waals surface area contributed by atoms with Crippen LogP contribution in [-0.2, 0) is 4.79 Å². The molecule has 1 amide bonds. The SMILES string of the molecule is CCCC(C)(CCC)C(=O)[N+]1(C)CCN(C2=Nc3ccccc3Nc3sc(C)cc32)CC1. The van der Waals surface area contributed by atoms with Crippen LogP contribution in [0.2, 0.25) is 0 Å². The number of rotatable bonds is 5. The molecule has 1 aromatic heterocycles. The summed E-state index contributed by atoms with van der Waals surface area (Å²) in [5.41, 5.74) is 2.97. The van der Waals surface area contributed by atoms with E-state index in [1.807, 2.05) is 12.1 Å². The summed E-state index contributed by atoms with van der Waals surface area (Å²) in [6, 6.07) is 10.5. The number of nitrogens with zero attached hydrogens (tertiary/aromatic N) is 3. The van der Waals surface area contributed by atoms with Crippen LogP contribution in [0.5, 0.6) is 0 Å². The average Bonchev–Trinajstić information content (AvgIpc) is 3.06. The number of hydrogen-bond donors (Lipinski definition) is 1. The summed E-state index contributed by atoms with van der Waals surface area (Å²) in [7, 11) is 2.15. The molecule has 4 rings (SSSR count). The number of amides is 1. The van der Waals surface area contributed by atoms with Crippen LogP contribution in [0.3, 0.4) is 0 Å². The molecular formula is C26H37N4OS+. The zero-order chi connectivity index (χ0) is 22.9. The maximum Gasteiger partial charge on any atom is 0.319 e. The molecule has 5 nitrogen and oxygen atoms in total. The first-order valence-corrected chi connectivity index (χ1v) is 12.8. The van der Waals surface area contributed by atoms with Crippen molar-refractivity contribution in [3.8, 4) is 0 Å². The lowest BCUT2D eigenvalue weighted by Gasteiger charge is -2.44. The fourth-order valence-corrected chi connectivity index (χ4v) is 6.32. The van der Waals surface area contributed by atoms with Gasteiger partial charge in [0.25, 0.3) is 0 Å². The van der Waals surface area contributed by atoms with Crippen LogP contribution in [0, 0.1) is 12.3 Å². The van der Waals surface area contributed by atoms with E-state index in [9.17, 15) is 4.79 Å². The number of anilines is 2. The largest absolute Gasteiger partial charge is 0.345 e. The van der Waals surface area contributed by atoms with Crippen molar-refractivity contribution in [2.75, 3.05) is 38.5 Å². The number of piperazine rings is 1. The average molecular weight is 454 g/mol. The number of aliphatic imine (C=N–C) groups is 1. The van der Waals surface area contributed by atoms with Gasteiger partial charge < -0.3 is 10.2 Å². The van der Waals surface area contributed by atoms with Gasteiger partial charge in [0.2, 0.25) is 0 Å². The summed E-state index contributed by atoms with van der Waals surface area (Å²) < 4.78 is 0.532. The fourth-order valence-electron chi connectivity index (χ4n) is 5.40. The third-order valence-electron chi connectivity index (χ3n) is 7.11. The standard InChI is InChI=1S/C26H37N4OS/c1-6-12-26(4,13-7-2)25(31)30(5)16-14-29(15-17-30)23-20-18-19(3)32-24(20)28-22-11-9-8-10-21(22)27-23/h8-11,18,28H,6-7,12-17H2,1-5H3/q+1. The van der Waals surface area contributed by atoms with Crippen LogP contribution in [0.25, 0.3) is 0 Å². The minimum Gasteiger partial charge on any atom is -0.345 e. The molecule has 172 valence electrons. The van der Waals surface area contributed by atoms with Gasteiger partial charge in [-0.05, 0) is 44.9 Å². The first-order chi connectivity index (χ1) is 15.3. The fraction of sp³-hybridized carbons (Fsp3) is 0.538. The molecule has 0 atom stereocenters. The van der Waals surface area contributed by atoms with Gasteiger partial charge in [-0.15, -0.1) is 11.3 Å². The molecule has 2 aliphatic heterocycles. The van der Waals surface area contributed by atoms with Gasteiger partial charge in [0.1, 0.15) is 23.9 Å². The number of para-hydroxylation sites is 2. The Morgan fingerprint density at radius 3 is 2.50 bits per heavy atom. The highest BCUT2D eigenvalue weighted by Crippen LogP contribution is 2.40. The van der Waals surface area contributed by atoms with Crippen molar-refractivity contribution in [1.29, 1.82) is 0 Å². The number of benzene rings is 1. The van der Waals surface area contributed by atoms with Crippen molar-refractivity contribution < 1.29 is 9.28 Å². The maximum absolute atomic E-state index is 13.7. The predicted molar refractivity (Wildman–Crippen MR) is 135 cm³/mol. The van der Waals surface area contributed by atoms with Crippen LogP contribution >= 0.6 is 11.3 Å². The van der Waals surface area contributed by atoms with E-state index >= 15 is 0 Å². The highest BCUT2D eigenvalue weighted by molar-refractivity contribution is 7.16. The number of likely N-dealkylation sites (N-methyl/N-ethyl adjacent to an activating group) is 1. The highest BCUT2D eigenvalue weighted by Gasteiger charge is 2.47. The second-order valence-electron chi connectivity index (χ2n) is 9.87. The highest BCUT2D eigenvalue weighted by atomic mass is 32.1. The van der Waals surface area contributed by atoms with Gasteiger partial charge >= 0.3 is 5.91 Å². The van der Waals surface area contributed by atoms with Crippen LogP contribution in [-0.4, -0.2) is 54.4 Å². The van der Waals surface area contributed by atoms with Crippen molar-refractivity contribution in [3.05, 3.63) is 40.8 Å². The van der Waals surface area contributed by atoms with Gasteiger partial charge in [0, 0.05) is 4.88 Å². The Balaban J connectivity index is 1.60. The van der Waals surface area contributed by atoms with Gasteiger partial charge in [-0.25, -0.2) is 9.79 Å². The molecular weight excluding hydrogens is 416 g/mol. The minimum atomic E-state index is -0.221. The number of hydrogen-bond acceptors (Lipinski definition) is 5. The molecule has 0 saturated carbocycles. The molecule has 6 heteroatoms. The maximum atomic E-state index is 13.7. The Morgan fingerprint density at radius 2 is 1.84 bits per heavy atom. The van der Waals surface area contributed by atoms with Gasteiger partial charge in [-0.1, -0.05) is 38.8 Å². The number of thiophene rings is 1. The summed E-state index contributed by atoms with van der Waals surface area (Å²) >= 11 is 1.78. The van der Waals surface area contributed by atoms with Gasteiger partial charge in [-0.2, -0.15) is 0 Å². The van der Waals surface area contributed by atoms with Crippen molar-refractivity contribution >= 4 is 39.5 Å². The number of quaternary nitrogens is 1. The molecule has 0 spiro atoms. The van der Waals surface area contributed by atoms with Crippen LogP contribution < -0.4 is 5.32 Å². The molecule has 0 aliphatic carbocycles. The molecule has 1 saturated heterocycles. The van der Waals surface area contributed by atoms with Gasteiger partial charge in [0.15, 0.2) is 0 Å². The molecule has 2 aliphatic rings. The molecule has 0 radical (unpaired) electrons. The van der Waals surface area contributed by atoms with Gasteiger partial charge in [-0.3, -0.25) is 4.48 Å². The topological polar surface area (TPSA) is 44.7 Å². The Bertz CT molecular complexity index is 1010. The number of nitrogens with one attached hydrogen (secondary N) is 1. The van der Waals surface area contributed by atoms with E-state index in [1.54, 1.807) is 11.3 Å². The molecule has 0 bridgehead atoms. The summed E-state index contributed by atoms with van der Waals surface area (Å²) in [6.07, 6.45) is 4.06. The summed E-state index contributed by atoms with van der Waals surface area (Å²) in [6.45, 7) is 12.1. The first-order valence-electron chi connectivity index (χ1n) is 12.0. The third kappa shape index (κ3) is 4.23. The molecule has 2 aromatic rings. The lowest BCUT2D eigenvalue weighted by Crippen LogP contribution is -2.64. The van der Waals surface area contributed by atoms with Gasteiger partial charge in [0.05, 0.1) is 42.5 Å². The number of amidine groups is 1. The van der Waals surface area contributed by atoms with Crippen LogP contribution in [0.15, 0.2) is 35.3 Å². The van der Waals surface area contributed by atoms with Crippen LogP contribution in [0.4, 0.5) is 16.4 Å². The van der Waals surface area contributed by atoms with E-state index in [0.29, 0.717) is 10.4 Å². The van der Waals surface area contributed by atoms with E-state index in [0.717, 1.165) is 74.1 Å². The lowest BCUT2D eigenvalue weighted by atomic mass is 9.79. The predicted octanol–water partition coefficient (Wildman–Crippen LogP) is 6.09. The Hall–Kier alpha value is -2.18. The third-order valence-corrected chi connectivity index (χ3v) is 8.08. The lowest BCUT2D eigenvalue weighted by molar-refractivity contribution is -0.842. The quantitative estimate of drug-likeness (QED) is 0.558. The minimum absolute atomic E-state index is 0.221. The van der Waals surface area contributed by atoms with E-state index in [1.165, 1.54) is 10.4 Å². The zero-order valence-corrected chi connectivity index (χ0v) is 21.0. The molecule has 1 fully saturated rings. The zero-order valence-electron chi connectivity index (χ0n) is 20.2. The Labute approximate surface area is 196 Å². The van der Waals surface area contributed by atoms with Crippen molar-refractivity contribution in [2.24, 2.45) is 10.4 Å². The summed E-state index contributed by atoms with van der Waals surface area (Å²) in [4.78, 5) is 22.5. The van der Waals surface area contributed by atoms with E-state index < -0.39 is 0 Å². The van der Waals surface area contributed by atoms with Crippen molar-refractivity contribution in [3.63, 3.8) is 0 Å². The van der Waals surface area contributed by atoms with E-state index in [4.69, 9.17) is 4.99 Å². The van der Waals surface area contributed by atoms with Crippen molar-refractivity contribution in [1.82, 2.24) is 4.90 Å². The summed E-state index contributed by atoms with van der Waals surface area (Å²) in [5.74, 6) is 1.45. The number of carbonyl (C=O) groups excluding carboxylic acids is 1. The Morgan fingerprint density at radius 1 is 1.19 bits per heavy atom. The molecule has 1 N–H and O–H groups in total. The number of aryl methyl sites for hydroxylation is 1. The molecule has 1 aromatic carbocycles. The summed E-state index contributed by atoms with van der Waals surface area (Å²) in [5, 5.41) is 4.75.